The highest BCUT2D eigenvalue weighted by Crippen LogP contribution is 2.40. The molecule has 0 radical (unpaired) electrons. The maximum Gasteiger partial charge on any atom is 0.0267 e. The van der Waals surface area contributed by atoms with Gasteiger partial charge >= 0.3 is 0 Å². The summed E-state index contributed by atoms with van der Waals surface area (Å²) < 4.78 is 0. The molecule has 18 heavy (non-hydrogen) atoms. The van der Waals surface area contributed by atoms with Gasteiger partial charge in [-0.05, 0) is 61.7 Å². The maximum atomic E-state index is 5.91. The Morgan fingerprint density at radius 2 is 1.33 bits per heavy atom. The molecule has 0 spiro atoms. The minimum absolute atomic E-state index is 0.572. The Balaban J connectivity index is 1.95. The van der Waals surface area contributed by atoms with Gasteiger partial charge in [0.25, 0.3) is 0 Å². The average molecular weight is 252 g/mol. The Hall–Kier alpha value is -0.0800. The van der Waals surface area contributed by atoms with Crippen molar-refractivity contribution in [3.05, 3.63) is 0 Å². The third kappa shape index (κ3) is 3.48. The van der Waals surface area contributed by atoms with E-state index in [1.165, 1.54) is 44.9 Å². The lowest BCUT2D eigenvalue weighted by atomic mass is 9.68. The van der Waals surface area contributed by atoms with Crippen LogP contribution in [-0.4, -0.2) is 6.04 Å². The lowest BCUT2D eigenvalue weighted by Crippen LogP contribution is -2.48. The summed E-state index contributed by atoms with van der Waals surface area (Å²) in [5.74, 6) is 10.3. The summed E-state index contributed by atoms with van der Waals surface area (Å²) in [6.07, 6.45) is 9.75. The van der Waals surface area contributed by atoms with E-state index < -0.39 is 0 Å². The predicted molar refractivity (Wildman–Crippen MR) is 77.9 cm³/mol. The second-order valence-electron chi connectivity index (χ2n) is 7.39. The van der Waals surface area contributed by atoms with E-state index >= 15 is 0 Å². The summed E-state index contributed by atoms with van der Waals surface area (Å²) in [6, 6.07) is 0.572. The summed E-state index contributed by atoms with van der Waals surface area (Å²) in [5, 5.41) is 0. The van der Waals surface area contributed by atoms with E-state index in [0.717, 1.165) is 29.6 Å². The third-order valence-corrected chi connectivity index (χ3v) is 5.48. The average Bonchev–Trinajstić information content (AvgIpc) is 2.31. The van der Waals surface area contributed by atoms with Gasteiger partial charge in [0, 0.05) is 6.04 Å². The molecule has 106 valence electrons. The highest BCUT2D eigenvalue weighted by molar-refractivity contribution is 4.88. The van der Waals surface area contributed by atoms with E-state index in [-0.39, 0.29) is 0 Å². The van der Waals surface area contributed by atoms with Crippen LogP contribution in [0.2, 0.25) is 0 Å². The molecule has 0 heterocycles. The molecule has 2 heteroatoms. The maximum absolute atomic E-state index is 5.91. The third-order valence-electron chi connectivity index (χ3n) is 5.48. The van der Waals surface area contributed by atoms with Gasteiger partial charge in [0.05, 0.1) is 0 Å². The smallest absolute Gasteiger partial charge is 0.0267 e. The summed E-state index contributed by atoms with van der Waals surface area (Å²) >= 11 is 0. The van der Waals surface area contributed by atoms with E-state index in [0.29, 0.717) is 6.04 Å². The fraction of sp³-hybridized carbons (Fsp3) is 1.00. The molecule has 2 aliphatic carbocycles. The summed E-state index contributed by atoms with van der Waals surface area (Å²) in [5.41, 5.74) is 3.20. The lowest BCUT2D eigenvalue weighted by Gasteiger charge is -2.41. The molecule has 2 aliphatic rings. The van der Waals surface area contributed by atoms with Gasteiger partial charge in [-0.2, -0.15) is 0 Å². The lowest BCUT2D eigenvalue weighted by molar-refractivity contribution is 0.117. The molecule has 0 aromatic carbocycles. The molecule has 3 unspecified atom stereocenters. The van der Waals surface area contributed by atoms with Gasteiger partial charge < -0.3 is 0 Å². The van der Waals surface area contributed by atoms with Crippen molar-refractivity contribution in [2.24, 2.45) is 35.4 Å². The number of nitrogens with one attached hydrogen (secondary N) is 1. The molecule has 0 aromatic rings. The van der Waals surface area contributed by atoms with Crippen molar-refractivity contribution in [1.29, 1.82) is 0 Å². The monoisotopic (exact) mass is 252 g/mol. The molecular formula is C16H32N2. The number of rotatable bonds is 3. The topological polar surface area (TPSA) is 38.0 Å². The first kappa shape index (κ1) is 14.3. The van der Waals surface area contributed by atoms with Gasteiger partial charge in [0.2, 0.25) is 0 Å². The highest BCUT2D eigenvalue weighted by atomic mass is 15.2. The van der Waals surface area contributed by atoms with Crippen LogP contribution in [0, 0.1) is 29.6 Å². The minimum atomic E-state index is 0.572. The number of hydrogen-bond acceptors (Lipinski definition) is 2. The zero-order valence-corrected chi connectivity index (χ0v) is 12.5. The largest absolute Gasteiger partial charge is 0.271 e. The first-order valence-corrected chi connectivity index (χ1v) is 8.06. The van der Waals surface area contributed by atoms with Crippen LogP contribution in [0.15, 0.2) is 0 Å². The van der Waals surface area contributed by atoms with Crippen LogP contribution in [0.4, 0.5) is 0 Å². The molecule has 3 N–H and O–H groups in total. The molecule has 2 saturated carbocycles. The standard InChI is InChI=1S/C16H32N2/c1-11-4-6-14(7-5-11)16(18-17)15-9-12(2)8-13(3)10-15/h11-16,18H,4-10,17H2,1-3H3. The van der Waals surface area contributed by atoms with Crippen molar-refractivity contribution < 1.29 is 0 Å². The van der Waals surface area contributed by atoms with Gasteiger partial charge in [-0.1, -0.05) is 33.6 Å². The normalized spacial score (nSPS) is 43.7. The van der Waals surface area contributed by atoms with Crippen molar-refractivity contribution in [3.8, 4) is 0 Å². The molecule has 0 saturated heterocycles. The molecule has 0 amide bonds. The SMILES string of the molecule is CC1CCC(C(NN)C2CC(C)CC(C)C2)CC1. The summed E-state index contributed by atoms with van der Waals surface area (Å²) in [7, 11) is 0. The van der Waals surface area contributed by atoms with Gasteiger partial charge in [-0.15, -0.1) is 0 Å². The zero-order valence-electron chi connectivity index (χ0n) is 12.5. The first-order valence-electron chi connectivity index (χ1n) is 8.06. The summed E-state index contributed by atoms with van der Waals surface area (Å²) in [4.78, 5) is 0. The minimum Gasteiger partial charge on any atom is -0.271 e. The highest BCUT2D eigenvalue weighted by Gasteiger charge is 2.35. The Kier molecular flexibility index (Phi) is 5.08. The molecule has 0 aliphatic heterocycles. The van der Waals surface area contributed by atoms with Crippen LogP contribution >= 0.6 is 0 Å². The van der Waals surface area contributed by atoms with Crippen molar-refractivity contribution >= 4 is 0 Å². The van der Waals surface area contributed by atoms with Crippen molar-refractivity contribution in [2.45, 2.75) is 71.8 Å². The van der Waals surface area contributed by atoms with Crippen molar-refractivity contribution in [3.63, 3.8) is 0 Å². The molecule has 0 bridgehead atoms. The van der Waals surface area contributed by atoms with Crippen LogP contribution < -0.4 is 11.3 Å². The second kappa shape index (κ2) is 6.38. The number of hydrazine groups is 1. The van der Waals surface area contributed by atoms with Crippen LogP contribution in [0.25, 0.3) is 0 Å². The van der Waals surface area contributed by atoms with Gasteiger partial charge in [0.15, 0.2) is 0 Å². The quantitative estimate of drug-likeness (QED) is 0.593. The van der Waals surface area contributed by atoms with E-state index in [9.17, 15) is 0 Å². The van der Waals surface area contributed by atoms with Crippen LogP contribution in [0.5, 0.6) is 0 Å². The predicted octanol–water partition coefficient (Wildman–Crippen LogP) is 3.72. The van der Waals surface area contributed by atoms with E-state index in [1.807, 2.05) is 0 Å². The van der Waals surface area contributed by atoms with Crippen molar-refractivity contribution in [2.75, 3.05) is 0 Å². The molecule has 0 aromatic heterocycles. The Labute approximate surface area is 113 Å². The first-order chi connectivity index (χ1) is 8.60. The fourth-order valence-corrected chi connectivity index (χ4v) is 4.60. The number of nitrogens with two attached hydrogens (primary N) is 1. The second-order valence-corrected chi connectivity index (χ2v) is 7.39. The van der Waals surface area contributed by atoms with Crippen molar-refractivity contribution in [1.82, 2.24) is 5.43 Å². The zero-order chi connectivity index (χ0) is 13.1. The van der Waals surface area contributed by atoms with Crippen LogP contribution in [-0.2, 0) is 0 Å². The molecule has 2 fully saturated rings. The fourth-order valence-electron chi connectivity index (χ4n) is 4.60. The Morgan fingerprint density at radius 3 is 1.83 bits per heavy atom. The number of hydrogen-bond donors (Lipinski definition) is 2. The Bertz CT molecular complexity index is 235. The molecule has 3 atom stereocenters. The van der Waals surface area contributed by atoms with Crippen LogP contribution in [0.1, 0.15) is 65.7 Å². The molecule has 2 nitrogen and oxygen atoms in total. The Morgan fingerprint density at radius 1 is 0.778 bits per heavy atom. The van der Waals surface area contributed by atoms with Gasteiger partial charge in [-0.25, -0.2) is 0 Å². The molecular weight excluding hydrogens is 220 g/mol. The molecule has 2 rings (SSSR count). The van der Waals surface area contributed by atoms with Gasteiger partial charge in [0.1, 0.15) is 0 Å². The van der Waals surface area contributed by atoms with E-state index in [1.54, 1.807) is 0 Å². The summed E-state index contributed by atoms with van der Waals surface area (Å²) in [6.45, 7) is 7.23. The van der Waals surface area contributed by atoms with E-state index in [2.05, 4.69) is 26.2 Å². The van der Waals surface area contributed by atoms with Gasteiger partial charge in [-0.3, -0.25) is 11.3 Å². The van der Waals surface area contributed by atoms with E-state index in [4.69, 9.17) is 5.84 Å². The van der Waals surface area contributed by atoms with Crippen LogP contribution in [0.3, 0.4) is 0 Å².